The molecule has 3 rings (SSSR count). The molecule has 0 saturated carbocycles. The van der Waals surface area contributed by atoms with Crippen molar-refractivity contribution in [3.63, 3.8) is 0 Å². The van der Waals surface area contributed by atoms with Crippen molar-refractivity contribution < 1.29 is 4.79 Å². The Morgan fingerprint density at radius 1 is 1.55 bits per heavy atom. The van der Waals surface area contributed by atoms with E-state index in [1.807, 2.05) is 27.9 Å². The molecule has 0 unspecified atom stereocenters. The monoisotopic (exact) mass is 290 g/mol. The second-order valence-electron chi connectivity index (χ2n) is 4.88. The number of nitrogens with zero attached hydrogens (tertiary/aromatic N) is 3. The number of aromatic nitrogens is 2. The quantitative estimate of drug-likeness (QED) is 0.940. The van der Waals surface area contributed by atoms with Gasteiger partial charge in [0.15, 0.2) is 0 Å². The number of nitrogens with one attached hydrogen (secondary N) is 1. The fourth-order valence-electron chi connectivity index (χ4n) is 2.67. The number of carbonyl (C=O) groups excluding carboxylic acids is 1. The molecule has 1 saturated heterocycles. The molecule has 1 aliphatic rings. The molecular formula is C14H18N4OS. The summed E-state index contributed by atoms with van der Waals surface area (Å²) < 4.78 is 0. The molecule has 0 spiro atoms. The van der Waals surface area contributed by atoms with Crippen LogP contribution in [0.25, 0.3) is 0 Å². The highest BCUT2D eigenvalue weighted by Crippen LogP contribution is 2.24. The molecular weight excluding hydrogens is 272 g/mol. The van der Waals surface area contributed by atoms with Gasteiger partial charge in [0.05, 0.1) is 11.6 Å². The lowest BCUT2D eigenvalue weighted by Crippen LogP contribution is -2.50. The van der Waals surface area contributed by atoms with E-state index in [9.17, 15) is 4.79 Å². The lowest BCUT2D eigenvalue weighted by molar-refractivity contribution is 0.0480. The molecule has 1 aliphatic heterocycles. The Morgan fingerprint density at radius 2 is 2.45 bits per heavy atom. The summed E-state index contributed by atoms with van der Waals surface area (Å²) in [6.45, 7) is 5.46. The van der Waals surface area contributed by atoms with Gasteiger partial charge in [-0.1, -0.05) is 6.92 Å². The zero-order valence-electron chi connectivity index (χ0n) is 11.5. The van der Waals surface area contributed by atoms with Crippen LogP contribution in [0.3, 0.4) is 0 Å². The third-order valence-electron chi connectivity index (χ3n) is 3.79. The van der Waals surface area contributed by atoms with Gasteiger partial charge in [-0.3, -0.25) is 9.69 Å². The minimum atomic E-state index is 0.124. The van der Waals surface area contributed by atoms with Crippen molar-refractivity contribution in [3.05, 3.63) is 40.6 Å². The highest BCUT2D eigenvalue weighted by Gasteiger charge is 2.31. The number of rotatable bonds is 3. The number of hydrogen-bond acceptors (Lipinski definition) is 4. The average Bonchev–Trinajstić information content (AvgIpc) is 3.18. The van der Waals surface area contributed by atoms with Crippen LogP contribution in [-0.4, -0.2) is 51.9 Å². The van der Waals surface area contributed by atoms with Gasteiger partial charge in [-0.15, -0.1) is 0 Å². The second kappa shape index (κ2) is 5.76. The molecule has 3 heterocycles. The van der Waals surface area contributed by atoms with E-state index in [0.717, 1.165) is 31.0 Å². The first-order valence-corrected chi connectivity index (χ1v) is 7.78. The van der Waals surface area contributed by atoms with E-state index in [1.54, 1.807) is 17.5 Å². The fraction of sp³-hybridized carbons (Fsp3) is 0.429. The largest absolute Gasteiger partial charge is 0.347 e. The van der Waals surface area contributed by atoms with Gasteiger partial charge in [0.25, 0.3) is 5.91 Å². The lowest BCUT2D eigenvalue weighted by atomic mass is 10.1. The SMILES string of the molecule is CCN1CCN(C(=O)c2ccsc2)C[C@H]1c1ncc[nH]1. The van der Waals surface area contributed by atoms with Gasteiger partial charge in [0.1, 0.15) is 5.82 Å². The van der Waals surface area contributed by atoms with E-state index in [0.29, 0.717) is 6.54 Å². The predicted molar refractivity (Wildman–Crippen MR) is 78.8 cm³/mol. The summed E-state index contributed by atoms with van der Waals surface area (Å²) >= 11 is 1.56. The Balaban J connectivity index is 1.78. The summed E-state index contributed by atoms with van der Waals surface area (Å²) in [5, 5.41) is 3.86. The Bertz CT molecular complexity index is 552. The smallest absolute Gasteiger partial charge is 0.254 e. The number of likely N-dealkylation sites (N-methyl/N-ethyl adjacent to an activating group) is 1. The van der Waals surface area contributed by atoms with E-state index < -0.39 is 0 Å². The maximum Gasteiger partial charge on any atom is 0.254 e. The number of carbonyl (C=O) groups is 1. The molecule has 2 aromatic rings. The number of H-pyrrole nitrogens is 1. The van der Waals surface area contributed by atoms with Crippen LogP contribution in [0.2, 0.25) is 0 Å². The minimum absolute atomic E-state index is 0.124. The normalized spacial score (nSPS) is 20.2. The van der Waals surface area contributed by atoms with Crippen molar-refractivity contribution in [1.29, 1.82) is 0 Å². The van der Waals surface area contributed by atoms with E-state index >= 15 is 0 Å². The first kappa shape index (κ1) is 13.3. The van der Waals surface area contributed by atoms with Crippen LogP contribution in [0, 0.1) is 0 Å². The molecule has 1 atom stereocenters. The average molecular weight is 290 g/mol. The summed E-state index contributed by atoms with van der Waals surface area (Å²) in [4.78, 5) is 24.3. The van der Waals surface area contributed by atoms with Gasteiger partial charge in [-0.2, -0.15) is 11.3 Å². The summed E-state index contributed by atoms with van der Waals surface area (Å²) in [6, 6.07) is 2.05. The van der Waals surface area contributed by atoms with Crippen LogP contribution in [0.5, 0.6) is 0 Å². The predicted octanol–water partition coefficient (Wildman–Crippen LogP) is 1.99. The van der Waals surface area contributed by atoms with E-state index in [1.165, 1.54) is 0 Å². The van der Waals surface area contributed by atoms with Gasteiger partial charge in [-0.25, -0.2) is 4.98 Å². The number of thiophene rings is 1. The molecule has 0 aliphatic carbocycles. The molecule has 2 aromatic heterocycles. The summed E-state index contributed by atoms with van der Waals surface area (Å²) in [5.74, 6) is 1.06. The minimum Gasteiger partial charge on any atom is -0.347 e. The highest BCUT2D eigenvalue weighted by molar-refractivity contribution is 7.08. The van der Waals surface area contributed by atoms with Crippen LogP contribution in [0.15, 0.2) is 29.2 Å². The van der Waals surface area contributed by atoms with Gasteiger partial charge >= 0.3 is 0 Å². The van der Waals surface area contributed by atoms with Crippen molar-refractivity contribution in [3.8, 4) is 0 Å². The molecule has 0 radical (unpaired) electrons. The summed E-state index contributed by atoms with van der Waals surface area (Å²) in [5.41, 5.74) is 0.790. The van der Waals surface area contributed by atoms with Gasteiger partial charge in [0.2, 0.25) is 0 Å². The molecule has 6 heteroatoms. The van der Waals surface area contributed by atoms with Crippen LogP contribution in [-0.2, 0) is 0 Å². The number of piperazine rings is 1. The summed E-state index contributed by atoms with van der Waals surface area (Å²) in [7, 11) is 0. The van der Waals surface area contributed by atoms with E-state index in [2.05, 4.69) is 21.8 Å². The summed E-state index contributed by atoms with van der Waals surface area (Å²) in [6.07, 6.45) is 3.60. The van der Waals surface area contributed by atoms with Gasteiger partial charge < -0.3 is 9.88 Å². The Labute approximate surface area is 122 Å². The fourth-order valence-corrected chi connectivity index (χ4v) is 3.30. The molecule has 0 bridgehead atoms. The van der Waals surface area contributed by atoms with Crippen molar-refractivity contribution in [2.45, 2.75) is 13.0 Å². The topological polar surface area (TPSA) is 52.2 Å². The van der Waals surface area contributed by atoms with Crippen LogP contribution in [0.1, 0.15) is 29.1 Å². The van der Waals surface area contributed by atoms with Crippen molar-refractivity contribution in [2.75, 3.05) is 26.2 Å². The zero-order valence-corrected chi connectivity index (χ0v) is 12.3. The first-order valence-electron chi connectivity index (χ1n) is 6.84. The van der Waals surface area contributed by atoms with E-state index in [4.69, 9.17) is 0 Å². The van der Waals surface area contributed by atoms with Gasteiger partial charge in [0, 0.05) is 37.4 Å². The van der Waals surface area contributed by atoms with Crippen LogP contribution >= 0.6 is 11.3 Å². The highest BCUT2D eigenvalue weighted by atomic mass is 32.1. The molecule has 1 amide bonds. The third kappa shape index (κ3) is 2.48. The second-order valence-corrected chi connectivity index (χ2v) is 5.66. The standard InChI is InChI=1S/C14H18N4OS/c1-2-17-6-7-18(14(19)11-3-8-20-10-11)9-12(17)13-15-4-5-16-13/h3-5,8,10,12H,2,6-7,9H2,1H3,(H,15,16)/t12-/m0/s1. The number of hydrogen-bond donors (Lipinski definition) is 1. The Kier molecular flexibility index (Phi) is 3.84. The van der Waals surface area contributed by atoms with Gasteiger partial charge in [-0.05, 0) is 18.0 Å². The van der Waals surface area contributed by atoms with Crippen LogP contribution < -0.4 is 0 Å². The Hall–Kier alpha value is -1.66. The number of imidazole rings is 1. The first-order chi connectivity index (χ1) is 9.79. The third-order valence-corrected chi connectivity index (χ3v) is 4.47. The zero-order chi connectivity index (χ0) is 13.9. The van der Waals surface area contributed by atoms with Crippen molar-refractivity contribution >= 4 is 17.2 Å². The molecule has 1 N–H and O–H groups in total. The van der Waals surface area contributed by atoms with Crippen LogP contribution in [0.4, 0.5) is 0 Å². The maximum atomic E-state index is 12.5. The Morgan fingerprint density at radius 3 is 3.10 bits per heavy atom. The van der Waals surface area contributed by atoms with Crippen molar-refractivity contribution in [1.82, 2.24) is 19.8 Å². The lowest BCUT2D eigenvalue weighted by Gasteiger charge is -2.40. The van der Waals surface area contributed by atoms with Crippen molar-refractivity contribution in [2.24, 2.45) is 0 Å². The molecule has 106 valence electrons. The number of aromatic amines is 1. The molecule has 1 fully saturated rings. The molecule has 5 nitrogen and oxygen atoms in total. The molecule has 20 heavy (non-hydrogen) atoms. The molecule has 0 aromatic carbocycles. The number of amides is 1. The maximum absolute atomic E-state index is 12.5. The van der Waals surface area contributed by atoms with E-state index in [-0.39, 0.29) is 11.9 Å².